The van der Waals surface area contributed by atoms with Crippen molar-refractivity contribution >= 4 is 10.9 Å². The first-order valence-electron chi connectivity index (χ1n) is 9.61. The van der Waals surface area contributed by atoms with Gasteiger partial charge in [-0.1, -0.05) is 19.4 Å². The van der Waals surface area contributed by atoms with Gasteiger partial charge >= 0.3 is 0 Å². The molecular weight excluding hydrogens is 322 g/mol. The average molecular weight is 351 g/mol. The van der Waals surface area contributed by atoms with Gasteiger partial charge in [-0.15, -0.1) is 0 Å². The van der Waals surface area contributed by atoms with E-state index in [9.17, 15) is 0 Å². The van der Waals surface area contributed by atoms with E-state index in [1.165, 1.54) is 34.9 Å². The summed E-state index contributed by atoms with van der Waals surface area (Å²) in [7, 11) is 1.67. The molecule has 4 heteroatoms. The lowest BCUT2D eigenvalue weighted by Crippen LogP contribution is -2.00. The highest BCUT2D eigenvalue weighted by atomic mass is 16.5. The van der Waals surface area contributed by atoms with Crippen LogP contribution in [-0.4, -0.2) is 23.6 Å². The van der Waals surface area contributed by atoms with Crippen LogP contribution in [0.25, 0.3) is 22.2 Å². The Morgan fingerprint density at radius 3 is 2.77 bits per heavy atom. The van der Waals surface area contributed by atoms with Crippen LogP contribution in [0, 0.1) is 0 Å². The quantitative estimate of drug-likeness (QED) is 0.541. The zero-order valence-electron chi connectivity index (χ0n) is 15.8. The fraction of sp³-hybridized carbons (Fsp3) is 0.409. The number of methoxy groups -OCH3 is 1. The average Bonchev–Trinajstić information content (AvgIpc) is 3.04. The minimum atomic E-state index is 0.658. The molecule has 0 aliphatic rings. The number of aromatic amines is 1. The minimum Gasteiger partial charge on any atom is -0.481 e. The molecule has 3 N–H and O–H groups in total. The number of hydrogen-bond donors (Lipinski definition) is 2. The summed E-state index contributed by atoms with van der Waals surface area (Å²) < 4.78 is 5.50. The van der Waals surface area contributed by atoms with E-state index in [2.05, 4.69) is 41.2 Å². The van der Waals surface area contributed by atoms with Gasteiger partial charge in [-0.25, -0.2) is 4.98 Å². The first-order valence-corrected chi connectivity index (χ1v) is 9.61. The zero-order chi connectivity index (χ0) is 18.4. The molecule has 4 nitrogen and oxygen atoms in total. The summed E-state index contributed by atoms with van der Waals surface area (Å²) >= 11 is 0. The SMILES string of the molecule is CCCCc1ccc2[nH]c(-c3cccnc3OC)c(CCCCN)c2c1. The summed E-state index contributed by atoms with van der Waals surface area (Å²) in [5.74, 6) is 0.658. The number of pyridine rings is 1. The molecule has 0 saturated heterocycles. The molecule has 26 heavy (non-hydrogen) atoms. The Kier molecular flexibility index (Phi) is 6.29. The lowest BCUT2D eigenvalue weighted by molar-refractivity contribution is 0.399. The van der Waals surface area contributed by atoms with Crippen LogP contribution < -0.4 is 10.5 Å². The van der Waals surface area contributed by atoms with Gasteiger partial charge in [0.2, 0.25) is 5.88 Å². The zero-order valence-corrected chi connectivity index (χ0v) is 15.8. The van der Waals surface area contributed by atoms with E-state index >= 15 is 0 Å². The number of hydrogen-bond acceptors (Lipinski definition) is 3. The highest BCUT2D eigenvalue weighted by Crippen LogP contribution is 2.36. The molecule has 0 unspecified atom stereocenters. The lowest BCUT2D eigenvalue weighted by atomic mass is 9.98. The number of nitrogens with zero attached hydrogens (tertiary/aromatic N) is 1. The van der Waals surface area contributed by atoms with Crippen molar-refractivity contribution in [2.75, 3.05) is 13.7 Å². The van der Waals surface area contributed by atoms with Gasteiger partial charge in [0, 0.05) is 17.1 Å². The third kappa shape index (κ3) is 3.91. The summed E-state index contributed by atoms with van der Waals surface area (Å²) in [6.45, 7) is 2.97. The lowest BCUT2D eigenvalue weighted by Gasteiger charge is -2.09. The Bertz CT molecular complexity index is 854. The molecule has 1 aromatic carbocycles. The van der Waals surface area contributed by atoms with E-state index in [4.69, 9.17) is 10.5 Å². The molecule has 0 aliphatic heterocycles. The van der Waals surface area contributed by atoms with Gasteiger partial charge in [-0.05, 0) is 74.0 Å². The second-order valence-corrected chi connectivity index (χ2v) is 6.77. The number of nitrogens with one attached hydrogen (secondary N) is 1. The molecule has 0 aliphatic carbocycles. The molecule has 0 spiro atoms. The molecule has 2 heterocycles. The van der Waals surface area contributed by atoms with Gasteiger partial charge in [-0.3, -0.25) is 0 Å². The van der Waals surface area contributed by atoms with Crippen molar-refractivity contribution in [3.8, 4) is 17.1 Å². The van der Waals surface area contributed by atoms with Gasteiger partial charge < -0.3 is 15.5 Å². The molecule has 2 aromatic heterocycles. The van der Waals surface area contributed by atoms with Crippen LogP contribution in [-0.2, 0) is 12.8 Å². The third-order valence-corrected chi connectivity index (χ3v) is 4.90. The largest absolute Gasteiger partial charge is 0.481 e. The van der Waals surface area contributed by atoms with Crippen molar-refractivity contribution in [3.05, 3.63) is 47.7 Å². The van der Waals surface area contributed by atoms with E-state index in [1.54, 1.807) is 13.3 Å². The molecule has 138 valence electrons. The van der Waals surface area contributed by atoms with Crippen LogP contribution in [0.3, 0.4) is 0 Å². The molecule has 0 fully saturated rings. The van der Waals surface area contributed by atoms with Crippen LogP contribution in [0.5, 0.6) is 5.88 Å². The number of benzene rings is 1. The van der Waals surface area contributed by atoms with Gasteiger partial charge in [-0.2, -0.15) is 0 Å². The number of aromatic nitrogens is 2. The van der Waals surface area contributed by atoms with E-state index in [0.717, 1.165) is 43.5 Å². The Morgan fingerprint density at radius 2 is 2.00 bits per heavy atom. The van der Waals surface area contributed by atoms with Gasteiger partial charge in [0.1, 0.15) is 0 Å². The smallest absolute Gasteiger partial charge is 0.222 e. The molecule has 0 amide bonds. The Labute approximate surface area is 155 Å². The highest BCUT2D eigenvalue weighted by molar-refractivity contribution is 5.92. The fourth-order valence-corrected chi connectivity index (χ4v) is 3.51. The molecule has 0 saturated carbocycles. The summed E-state index contributed by atoms with van der Waals surface area (Å²) in [6.07, 6.45) is 8.45. The minimum absolute atomic E-state index is 0.658. The standard InChI is InChI=1S/C22H29N3O/c1-3-4-8-16-11-12-20-19(15-16)17(9-5-6-13-23)21(25-20)18-10-7-14-24-22(18)26-2/h7,10-12,14-15,25H,3-6,8-9,13,23H2,1-2H3. The number of nitrogens with two attached hydrogens (primary N) is 1. The molecule has 0 bridgehead atoms. The van der Waals surface area contributed by atoms with E-state index in [0.29, 0.717) is 5.88 Å². The van der Waals surface area contributed by atoms with Crippen LogP contribution in [0.4, 0.5) is 0 Å². The van der Waals surface area contributed by atoms with E-state index < -0.39 is 0 Å². The Hall–Kier alpha value is -2.33. The number of H-pyrrole nitrogens is 1. The normalized spacial score (nSPS) is 11.2. The first kappa shape index (κ1) is 18.5. The second kappa shape index (κ2) is 8.86. The third-order valence-electron chi connectivity index (χ3n) is 4.90. The van der Waals surface area contributed by atoms with Crippen molar-refractivity contribution in [1.29, 1.82) is 0 Å². The highest BCUT2D eigenvalue weighted by Gasteiger charge is 2.17. The van der Waals surface area contributed by atoms with E-state index in [-0.39, 0.29) is 0 Å². The monoisotopic (exact) mass is 351 g/mol. The van der Waals surface area contributed by atoms with Crippen molar-refractivity contribution in [3.63, 3.8) is 0 Å². The predicted molar refractivity (Wildman–Crippen MR) is 109 cm³/mol. The first-order chi connectivity index (χ1) is 12.8. The maximum absolute atomic E-state index is 5.72. The molecule has 0 radical (unpaired) electrons. The summed E-state index contributed by atoms with van der Waals surface area (Å²) in [5.41, 5.74) is 11.8. The molecule has 3 aromatic rings. The van der Waals surface area contributed by atoms with Crippen molar-refractivity contribution in [1.82, 2.24) is 9.97 Å². The Morgan fingerprint density at radius 1 is 1.12 bits per heavy atom. The van der Waals surface area contributed by atoms with E-state index in [1.807, 2.05) is 6.07 Å². The summed E-state index contributed by atoms with van der Waals surface area (Å²) in [6, 6.07) is 10.8. The van der Waals surface area contributed by atoms with Crippen LogP contribution in [0.1, 0.15) is 43.7 Å². The number of ether oxygens (including phenoxy) is 1. The predicted octanol–water partition coefficient (Wildman–Crippen LogP) is 4.86. The fourth-order valence-electron chi connectivity index (χ4n) is 3.51. The van der Waals surface area contributed by atoms with Crippen molar-refractivity contribution < 1.29 is 4.74 Å². The Balaban J connectivity index is 2.09. The second-order valence-electron chi connectivity index (χ2n) is 6.77. The van der Waals surface area contributed by atoms with Crippen LogP contribution in [0.15, 0.2) is 36.5 Å². The van der Waals surface area contributed by atoms with Crippen LogP contribution in [0.2, 0.25) is 0 Å². The topological polar surface area (TPSA) is 63.9 Å². The summed E-state index contributed by atoms with van der Waals surface area (Å²) in [5, 5.41) is 1.32. The number of fused-ring (bicyclic) bond motifs is 1. The molecular formula is C22H29N3O. The van der Waals surface area contributed by atoms with Gasteiger partial charge in [0.25, 0.3) is 0 Å². The number of aryl methyl sites for hydroxylation is 2. The van der Waals surface area contributed by atoms with Gasteiger partial charge in [0.05, 0.1) is 18.4 Å². The maximum Gasteiger partial charge on any atom is 0.222 e. The number of unbranched alkanes of at least 4 members (excludes halogenated alkanes) is 2. The van der Waals surface area contributed by atoms with Crippen LogP contribution >= 0.6 is 0 Å². The maximum atomic E-state index is 5.72. The van der Waals surface area contributed by atoms with Crippen molar-refractivity contribution in [2.24, 2.45) is 5.73 Å². The van der Waals surface area contributed by atoms with Gasteiger partial charge in [0.15, 0.2) is 0 Å². The summed E-state index contributed by atoms with van der Waals surface area (Å²) in [4.78, 5) is 7.99. The number of rotatable bonds is 9. The van der Waals surface area contributed by atoms with Crippen molar-refractivity contribution in [2.45, 2.75) is 45.4 Å². The molecule has 3 rings (SSSR count). The molecule has 0 atom stereocenters.